The van der Waals surface area contributed by atoms with Gasteiger partial charge in [-0.2, -0.15) is 0 Å². The van der Waals surface area contributed by atoms with Crippen LogP contribution in [0, 0.1) is 18.3 Å². The molecule has 1 aliphatic carbocycles. The van der Waals surface area contributed by atoms with Crippen molar-refractivity contribution in [1.82, 2.24) is 9.55 Å². The van der Waals surface area contributed by atoms with E-state index in [9.17, 15) is 4.79 Å². The van der Waals surface area contributed by atoms with Gasteiger partial charge in [-0.1, -0.05) is 81.1 Å². The lowest BCUT2D eigenvalue weighted by atomic mass is 9.72. The second kappa shape index (κ2) is 8.77. The molecule has 0 amide bonds. The van der Waals surface area contributed by atoms with E-state index in [1.807, 2.05) is 28.8 Å². The van der Waals surface area contributed by atoms with Crippen molar-refractivity contribution in [3.05, 3.63) is 86.5 Å². The summed E-state index contributed by atoms with van der Waals surface area (Å²) in [4.78, 5) is 21.4. The molecule has 170 valence electrons. The Bertz CT molecular complexity index is 1360. The SMILES string of the molecule is Cc1ccccc1-n1c(SCc2ccccc2)nc2sc3c(c2c1=O)CC[C@H](C(C)(C)C)C3. The second-order valence-electron chi connectivity index (χ2n) is 10.1. The van der Waals surface area contributed by atoms with Crippen LogP contribution in [0.1, 0.15) is 48.8 Å². The second-order valence-corrected chi connectivity index (χ2v) is 12.1. The maximum absolute atomic E-state index is 14.0. The van der Waals surface area contributed by atoms with Gasteiger partial charge >= 0.3 is 0 Å². The molecule has 0 radical (unpaired) electrons. The van der Waals surface area contributed by atoms with Crippen LogP contribution in [-0.4, -0.2) is 9.55 Å². The first-order chi connectivity index (χ1) is 15.8. The zero-order valence-electron chi connectivity index (χ0n) is 19.7. The monoisotopic (exact) mass is 474 g/mol. The van der Waals surface area contributed by atoms with E-state index in [1.165, 1.54) is 16.0 Å². The number of thiophene rings is 1. The van der Waals surface area contributed by atoms with E-state index in [-0.39, 0.29) is 11.0 Å². The number of nitrogens with zero attached hydrogens (tertiary/aromatic N) is 2. The van der Waals surface area contributed by atoms with Gasteiger partial charge in [0, 0.05) is 10.6 Å². The third-order valence-electron chi connectivity index (χ3n) is 6.84. The van der Waals surface area contributed by atoms with Crippen molar-refractivity contribution in [1.29, 1.82) is 0 Å². The van der Waals surface area contributed by atoms with E-state index in [0.717, 1.165) is 51.6 Å². The summed E-state index contributed by atoms with van der Waals surface area (Å²) in [6, 6.07) is 18.5. The zero-order chi connectivity index (χ0) is 23.2. The number of hydrogen-bond donors (Lipinski definition) is 0. The number of benzene rings is 2. The molecule has 0 aliphatic heterocycles. The maximum Gasteiger partial charge on any atom is 0.267 e. The highest BCUT2D eigenvalue weighted by Gasteiger charge is 2.32. The van der Waals surface area contributed by atoms with Crippen LogP contribution < -0.4 is 5.56 Å². The van der Waals surface area contributed by atoms with E-state index >= 15 is 0 Å². The topological polar surface area (TPSA) is 34.9 Å². The summed E-state index contributed by atoms with van der Waals surface area (Å²) in [7, 11) is 0. The predicted octanol–water partition coefficient (Wildman–Crippen LogP) is 7.20. The number of hydrogen-bond acceptors (Lipinski definition) is 4. The lowest BCUT2D eigenvalue weighted by Crippen LogP contribution is -2.27. The molecule has 0 spiro atoms. The Labute approximate surface area is 203 Å². The fourth-order valence-corrected chi connectivity index (χ4v) is 7.09. The average Bonchev–Trinajstić information content (AvgIpc) is 3.16. The van der Waals surface area contributed by atoms with Gasteiger partial charge in [0.2, 0.25) is 0 Å². The number of para-hydroxylation sites is 1. The zero-order valence-corrected chi connectivity index (χ0v) is 21.4. The molecule has 2 aromatic heterocycles. The summed E-state index contributed by atoms with van der Waals surface area (Å²) in [6.45, 7) is 9.06. The fourth-order valence-electron chi connectivity index (χ4n) is 4.79. The Balaban J connectivity index is 1.66. The standard InChI is InChI=1S/C28H30N2OS2/c1-18-10-8-9-13-22(18)30-26(31)24-21-15-14-20(28(2,3)4)16-23(21)33-25(24)29-27(30)32-17-19-11-6-5-7-12-19/h5-13,20H,14-17H2,1-4H3/t20-/m0/s1. The van der Waals surface area contributed by atoms with Gasteiger partial charge in [0.05, 0.1) is 11.1 Å². The minimum atomic E-state index is 0.0802. The number of rotatable bonds is 4. The summed E-state index contributed by atoms with van der Waals surface area (Å²) >= 11 is 3.38. The molecule has 0 fully saturated rings. The summed E-state index contributed by atoms with van der Waals surface area (Å²) < 4.78 is 1.86. The number of aromatic nitrogens is 2. The Morgan fingerprint density at radius 3 is 2.55 bits per heavy atom. The lowest BCUT2D eigenvalue weighted by molar-refractivity contribution is 0.218. The van der Waals surface area contributed by atoms with Gasteiger partial charge in [-0.15, -0.1) is 11.3 Å². The van der Waals surface area contributed by atoms with Crippen molar-refractivity contribution in [3.63, 3.8) is 0 Å². The molecule has 3 nitrogen and oxygen atoms in total. The van der Waals surface area contributed by atoms with Crippen LogP contribution in [0.2, 0.25) is 0 Å². The van der Waals surface area contributed by atoms with E-state index in [4.69, 9.17) is 4.98 Å². The Morgan fingerprint density at radius 1 is 1.09 bits per heavy atom. The highest BCUT2D eigenvalue weighted by molar-refractivity contribution is 7.98. The van der Waals surface area contributed by atoms with E-state index < -0.39 is 0 Å². The molecule has 5 heteroatoms. The first-order valence-electron chi connectivity index (χ1n) is 11.6. The molecular formula is C28H30N2OS2. The predicted molar refractivity (Wildman–Crippen MR) is 141 cm³/mol. The first kappa shape index (κ1) is 22.4. The molecule has 33 heavy (non-hydrogen) atoms. The van der Waals surface area contributed by atoms with Gasteiger partial charge in [0.1, 0.15) is 4.83 Å². The Morgan fingerprint density at radius 2 is 1.82 bits per heavy atom. The van der Waals surface area contributed by atoms with Gasteiger partial charge in [-0.25, -0.2) is 4.98 Å². The number of aryl methyl sites for hydroxylation is 2. The molecular weight excluding hydrogens is 444 g/mol. The molecule has 4 aromatic rings. The molecule has 0 N–H and O–H groups in total. The van der Waals surface area contributed by atoms with Gasteiger partial charge < -0.3 is 0 Å². The largest absolute Gasteiger partial charge is 0.268 e. The van der Waals surface area contributed by atoms with Crippen molar-refractivity contribution in [2.45, 2.75) is 57.9 Å². The van der Waals surface area contributed by atoms with Crippen LogP contribution in [0.5, 0.6) is 0 Å². The van der Waals surface area contributed by atoms with E-state index in [0.29, 0.717) is 5.92 Å². The normalized spacial score (nSPS) is 16.2. The van der Waals surface area contributed by atoms with Crippen LogP contribution in [-0.2, 0) is 18.6 Å². The molecule has 5 rings (SSSR count). The van der Waals surface area contributed by atoms with Crippen LogP contribution in [0.3, 0.4) is 0 Å². The van der Waals surface area contributed by atoms with Crippen molar-refractivity contribution >= 4 is 33.3 Å². The van der Waals surface area contributed by atoms with Gasteiger partial charge in [-0.3, -0.25) is 9.36 Å². The van der Waals surface area contributed by atoms with Crippen molar-refractivity contribution in [2.24, 2.45) is 11.3 Å². The quantitative estimate of drug-likeness (QED) is 0.232. The number of fused-ring (bicyclic) bond motifs is 3. The first-order valence-corrected chi connectivity index (χ1v) is 13.4. The highest BCUT2D eigenvalue weighted by Crippen LogP contribution is 2.42. The smallest absolute Gasteiger partial charge is 0.267 e. The van der Waals surface area contributed by atoms with Crippen LogP contribution in [0.4, 0.5) is 0 Å². The third kappa shape index (κ3) is 4.29. The summed E-state index contributed by atoms with van der Waals surface area (Å²) in [5.41, 5.74) is 4.84. The summed E-state index contributed by atoms with van der Waals surface area (Å²) in [5.74, 6) is 1.42. The highest BCUT2D eigenvalue weighted by atomic mass is 32.2. The average molecular weight is 475 g/mol. The fraction of sp³-hybridized carbons (Fsp3) is 0.357. The number of thioether (sulfide) groups is 1. The van der Waals surface area contributed by atoms with Crippen molar-refractivity contribution < 1.29 is 0 Å². The Kier molecular flexibility index (Phi) is 5.96. The summed E-state index contributed by atoms with van der Waals surface area (Å²) in [6.07, 6.45) is 3.16. The molecule has 0 unspecified atom stereocenters. The van der Waals surface area contributed by atoms with Crippen molar-refractivity contribution in [3.8, 4) is 5.69 Å². The van der Waals surface area contributed by atoms with Gasteiger partial charge in [0.25, 0.3) is 5.56 Å². The van der Waals surface area contributed by atoms with Crippen LogP contribution >= 0.6 is 23.1 Å². The minimum Gasteiger partial charge on any atom is -0.268 e. The molecule has 0 saturated carbocycles. The van der Waals surface area contributed by atoms with Crippen LogP contribution in [0.15, 0.2) is 64.5 Å². The minimum absolute atomic E-state index is 0.0802. The van der Waals surface area contributed by atoms with Gasteiger partial charge in [0.15, 0.2) is 5.16 Å². The molecule has 0 bridgehead atoms. The molecule has 2 heterocycles. The maximum atomic E-state index is 14.0. The van der Waals surface area contributed by atoms with E-state index in [1.54, 1.807) is 23.1 Å². The molecule has 1 aliphatic rings. The molecule has 2 aromatic carbocycles. The third-order valence-corrected chi connectivity index (χ3v) is 9.00. The lowest BCUT2D eigenvalue weighted by Gasteiger charge is -2.33. The van der Waals surface area contributed by atoms with Crippen LogP contribution in [0.25, 0.3) is 15.9 Å². The van der Waals surface area contributed by atoms with E-state index in [2.05, 4.69) is 58.0 Å². The molecule has 0 saturated heterocycles. The van der Waals surface area contributed by atoms with Gasteiger partial charge in [-0.05, 0) is 60.3 Å². The summed E-state index contributed by atoms with van der Waals surface area (Å²) in [5, 5.41) is 1.62. The Hall–Kier alpha value is -2.37. The van der Waals surface area contributed by atoms with Crippen molar-refractivity contribution in [2.75, 3.05) is 0 Å². The molecule has 1 atom stereocenters.